The van der Waals surface area contributed by atoms with E-state index in [1.807, 2.05) is 25.1 Å². The number of amidine groups is 1. The van der Waals surface area contributed by atoms with Gasteiger partial charge in [0, 0.05) is 23.5 Å². The quantitative estimate of drug-likeness (QED) is 0.500. The Bertz CT molecular complexity index is 1350. The molecule has 0 spiro atoms. The maximum Gasteiger partial charge on any atom is 0.214 e. The molecule has 9 nitrogen and oxygen atoms in total. The number of ether oxygens (including phenoxy) is 1. The molecule has 2 aromatic carbocycles. The van der Waals surface area contributed by atoms with Crippen LogP contribution in [0.2, 0.25) is 0 Å². The van der Waals surface area contributed by atoms with E-state index in [1.165, 1.54) is 19.2 Å². The molecule has 0 amide bonds. The minimum atomic E-state index is -3.57. The summed E-state index contributed by atoms with van der Waals surface area (Å²) in [5.74, 6) is -0.974. The van der Waals surface area contributed by atoms with Crippen LogP contribution in [0.25, 0.3) is 10.9 Å². The van der Waals surface area contributed by atoms with Crippen molar-refractivity contribution in [2.24, 2.45) is 10.7 Å². The van der Waals surface area contributed by atoms with Gasteiger partial charge < -0.3 is 15.4 Å². The number of aliphatic imine (C=N–C) groups is 1. The molecular formula is C20H22N6O3S. The maximum absolute atomic E-state index is 12.1. The minimum absolute atomic E-state index is 0.0424. The summed E-state index contributed by atoms with van der Waals surface area (Å²) >= 11 is 0. The average molecular weight is 428 g/mol. The van der Waals surface area contributed by atoms with Crippen molar-refractivity contribution in [1.82, 2.24) is 15.5 Å². The number of aromatic nitrogens is 2. The summed E-state index contributed by atoms with van der Waals surface area (Å²) in [6.07, 6.45) is 4.37. The van der Waals surface area contributed by atoms with E-state index in [0.29, 0.717) is 5.84 Å². The van der Waals surface area contributed by atoms with Gasteiger partial charge in [-0.3, -0.25) is 10.8 Å². The number of nitrogens with two attached hydrogens (primary N) is 1. The van der Waals surface area contributed by atoms with Gasteiger partial charge in [-0.05, 0) is 49.4 Å². The van der Waals surface area contributed by atoms with Crippen molar-refractivity contribution >= 4 is 32.3 Å². The molecule has 0 saturated heterocycles. The standard InChI is InChI=1S/C20H22N6O3S/c1-12-15-6-4-13(10-17(15)26-25-12)23-19-8-9-22-20(21,24-19)16-11-14(30(3,27)28)5-7-18(16)29-2/h4-11,22H,21H2,1-3H3,(H,23,24)(H,25,26)/i7D. The molecule has 30 heavy (non-hydrogen) atoms. The van der Waals surface area contributed by atoms with E-state index < -0.39 is 15.6 Å². The van der Waals surface area contributed by atoms with Crippen LogP contribution in [0.3, 0.4) is 0 Å². The number of benzene rings is 2. The number of H-pyrrole nitrogens is 1. The average Bonchev–Trinajstić information content (AvgIpc) is 3.07. The fourth-order valence-corrected chi connectivity index (χ4v) is 3.83. The predicted molar refractivity (Wildman–Crippen MR) is 116 cm³/mol. The zero-order valence-corrected chi connectivity index (χ0v) is 17.5. The summed E-state index contributed by atoms with van der Waals surface area (Å²) in [5, 5.41) is 14.3. The third-order valence-electron chi connectivity index (χ3n) is 4.79. The van der Waals surface area contributed by atoms with E-state index in [1.54, 1.807) is 12.3 Å². The number of aryl methyl sites for hydroxylation is 1. The number of hydrogen-bond donors (Lipinski definition) is 4. The topological polar surface area (TPSA) is 134 Å². The van der Waals surface area contributed by atoms with Crippen LogP contribution in [-0.2, 0) is 15.6 Å². The second-order valence-corrected chi connectivity index (χ2v) is 9.01. The molecule has 5 N–H and O–H groups in total. The van der Waals surface area contributed by atoms with Crippen molar-refractivity contribution in [1.29, 1.82) is 0 Å². The zero-order valence-electron chi connectivity index (χ0n) is 17.6. The van der Waals surface area contributed by atoms with Crippen LogP contribution in [0.15, 0.2) is 58.5 Å². The molecular weight excluding hydrogens is 404 g/mol. The normalized spacial score (nSPS) is 19.2. The van der Waals surface area contributed by atoms with Gasteiger partial charge in [-0.1, -0.05) is 0 Å². The number of nitrogens with one attached hydrogen (secondary N) is 3. The highest BCUT2D eigenvalue weighted by molar-refractivity contribution is 7.90. The Kier molecular flexibility index (Phi) is 4.44. The van der Waals surface area contributed by atoms with Gasteiger partial charge in [-0.25, -0.2) is 13.4 Å². The first-order chi connectivity index (χ1) is 14.6. The van der Waals surface area contributed by atoms with Crippen molar-refractivity contribution in [3.8, 4) is 5.75 Å². The van der Waals surface area contributed by atoms with Gasteiger partial charge in [-0.15, -0.1) is 0 Å². The number of sulfone groups is 1. The smallest absolute Gasteiger partial charge is 0.214 e. The molecule has 0 radical (unpaired) electrons. The van der Waals surface area contributed by atoms with Crippen LogP contribution < -0.4 is 21.1 Å². The van der Waals surface area contributed by atoms with E-state index in [-0.39, 0.29) is 22.3 Å². The van der Waals surface area contributed by atoms with Gasteiger partial charge in [-0.2, -0.15) is 5.10 Å². The first-order valence-corrected chi connectivity index (χ1v) is 10.9. The Balaban J connectivity index is 1.75. The fraction of sp³-hybridized carbons (Fsp3) is 0.200. The number of methoxy groups -OCH3 is 1. The van der Waals surface area contributed by atoms with E-state index in [4.69, 9.17) is 11.8 Å². The van der Waals surface area contributed by atoms with Gasteiger partial charge >= 0.3 is 0 Å². The Morgan fingerprint density at radius 3 is 2.83 bits per heavy atom. The van der Waals surface area contributed by atoms with Crippen LogP contribution >= 0.6 is 0 Å². The van der Waals surface area contributed by atoms with Crippen LogP contribution in [-0.4, -0.2) is 37.8 Å². The predicted octanol–water partition coefficient (Wildman–Crippen LogP) is 1.98. The number of fused-ring (bicyclic) bond motifs is 1. The van der Waals surface area contributed by atoms with Gasteiger partial charge in [0.2, 0.25) is 5.79 Å². The molecule has 156 valence electrons. The summed E-state index contributed by atoms with van der Waals surface area (Å²) in [7, 11) is -2.18. The maximum atomic E-state index is 12.1. The van der Waals surface area contributed by atoms with Gasteiger partial charge in [0.15, 0.2) is 9.84 Å². The van der Waals surface area contributed by atoms with Crippen molar-refractivity contribution in [2.45, 2.75) is 17.6 Å². The molecule has 1 aliphatic rings. The molecule has 1 aromatic heterocycles. The Morgan fingerprint density at radius 2 is 2.10 bits per heavy atom. The van der Waals surface area contributed by atoms with Crippen molar-refractivity contribution in [3.05, 3.63) is 59.9 Å². The largest absolute Gasteiger partial charge is 0.496 e. The number of hydrogen-bond acceptors (Lipinski definition) is 8. The molecule has 1 aliphatic heterocycles. The summed E-state index contributed by atoms with van der Waals surface area (Å²) in [6.45, 7) is 1.92. The fourth-order valence-electron chi connectivity index (χ4n) is 3.23. The molecule has 3 aromatic rings. The lowest BCUT2D eigenvalue weighted by molar-refractivity contribution is 0.360. The van der Waals surface area contributed by atoms with Crippen LogP contribution in [0.1, 0.15) is 12.6 Å². The summed E-state index contributed by atoms with van der Waals surface area (Å²) < 4.78 is 37.7. The Morgan fingerprint density at radius 1 is 1.30 bits per heavy atom. The van der Waals surface area contributed by atoms with Crippen LogP contribution in [0, 0.1) is 6.92 Å². The van der Waals surface area contributed by atoms with E-state index >= 15 is 0 Å². The summed E-state index contributed by atoms with van der Waals surface area (Å²) in [5.41, 5.74) is 9.29. The SMILES string of the molecule is [2H]c1cc(S(C)(=O)=O)cc(C2(N)N=C(Nc3ccc4c(C)n[nH]c4c3)C=CN2)c1OC. The summed E-state index contributed by atoms with van der Waals surface area (Å²) in [4.78, 5) is 4.50. The second kappa shape index (κ2) is 7.15. The minimum Gasteiger partial charge on any atom is -0.496 e. The third kappa shape index (κ3) is 3.62. The summed E-state index contributed by atoms with van der Waals surface area (Å²) in [6, 6.07) is 8.24. The molecule has 4 rings (SSSR count). The molecule has 1 unspecified atom stereocenters. The number of nitrogens with zero attached hydrogens (tertiary/aromatic N) is 2. The van der Waals surface area contributed by atoms with Gasteiger partial charge in [0.05, 0.1) is 30.2 Å². The lowest BCUT2D eigenvalue weighted by Gasteiger charge is -2.31. The lowest BCUT2D eigenvalue weighted by Crippen LogP contribution is -2.49. The van der Waals surface area contributed by atoms with Gasteiger partial charge in [0.1, 0.15) is 11.6 Å². The second-order valence-electron chi connectivity index (χ2n) is 6.99. The lowest BCUT2D eigenvalue weighted by atomic mass is 10.1. The van der Waals surface area contributed by atoms with Gasteiger partial charge in [0.25, 0.3) is 0 Å². The molecule has 10 heteroatoms. The molecule has 0 fully saturated rings. The van der Waals surface area contributed by atoms with Crippen LogP contribution in [0.5, 0.6) is 5.75 Å². The van der Waals surface area contributed by atoms with E-state index in [2.05, 4.69) is 25.8 Å². The van der Waals surface area contributed by atoms with Crippen molar-refractivity contribution < 1.29 is 14.5 Å². The number of rotatable bonds is 4. The van der Waals surface area contributed by atoms with E-state index in [0.717, 1.165) is 28.5 Å². The third-order valence-corrected chi connectivity index (χ3v) is 5.88. The first-order valence-electron chi connectivity index (χ1n) is 9.54. The number of aromatic amines is 1. The van der Waals surface area contributed by atoms with Crippen molar-refractivity contribution in [3.63, 3.8) is 0 Å². The molecule has 0 aliphatic carbocycles. The zero-order chi connectivity index (χ0) is 22.4. The highest BCUT2D eigenvalue weighted by Crippen LogP contribution is 2.31. The molecule has 0 bridgehead atoms. The van der Waals surface area contributed by atoms with Crippen LogP contribution in [0.4, 0.5) is 5.69 Å². The number of anilines is 1. The Labute approximate surface area is 175 Å². The molecule has 1 atom stereocenters. The van der Waals surface area contributed by atoms with Crippen molar-refractivity contribution in [2.75, 3.05) is 18.7 Å². The monoisotopic (exact) mass is 427 g/mol. The van der Waals surface area contributed by atoms with E-state index in [9.17, 15) is 8.42 Å². The highest BCUT2D eigenvalue weighted by atomic mass is 32.2. The highest BCUT2D eigenvalue weighted by Gasteiger charge is 2.32. The molecule has 2 heterocycles. The Hall–Kier alpha value is -3.37. The molecule has 0 saturated carbocycles. The first kappa shape index (κ1) is 18.6.